The van der Waals surface area contributed by atoms with Crippen molar-refractivity contribution >= 4 is 18.4 Å². The molecule has 5 heteroatoms. The summed E-state index contributed by atoms with van der Waals surface area (Å²) in [6.07, 6.45) is 2.61. The number of nitrogens with zero attached hydrogens (tertiary/aromatic N) is 3. The smallest absolute Gasteiger partial charge is 0.216 e. The first-order chi connectivity index (χ1) is 8.61. The molecule has 18 heavy (non-hydrogen) atoms. The minimum Gasteiger partial charge on any atom is -0.250 e. The summed E-state index contributed by atoms with van der Waals surface area (Å²) in [4.78, 5) is 0. The highest BCUT2D eigenvalue weighted by molar-refractivity contribution is 7.71. The maximum absolute atomic E-state index is 5.14. The molecule has 0 bridgehead atoms. The van der Waals surface area contributed by atoms with Gasteiger partial charge in [0.25, 0.3) is 0 Å². The first-order valence-corrected chi connectivity index (χ1v) is 6.30. The fourth-order valence-corrected chi connectivity index (χ4v) is 1.96. The van der Waals surface area contributed by atoms with Crippen LogP contribution in [0.4, 0.5) is 0 Å². The largest absolute Gasteiger partial charge is 0.250 e. The molecule has 0 saturated heterocycles. The van der Waals surface area contributed by atoms with Gasteiger partial charge in [-0.3, -0.25) is 5.10 Å². The lowest BCUT2D eigenvalue weighted by Gasteiger charge is -2.01. The third-order valence-corrected chi connectivity index (χ3v) is 3.04. The van der Waals surface area contributed by atoms with Crippen LogP contribution in [0.1, 0.15) is 29.4 Å². The zero-order chi connectivity index (χ0) is 13.1. The van der Waals surface area contributed by atoms with E-state index in [2.05, 4.69) is 47.3 Å². The lowest BCUT2D eigenvalue weighted by atomic mass is 10.1. The van der Waals surface area contributed by atoms with Gasteiger partial charge in [-0.1, -0.05) is 30.7 Å². The standard InChI is InChI=1S/C13H16N4S/c1-4-12-15-16-13(18)17(12)14-8-11-6-5-9(2)7-10(11)3/h5-8H,4H2,1-3H3,(H,16,18)/b14-8-. The predicted octanol–water partition coefficient (Wildman–Crippen LogP) is 3.00. The summed E-state index contributed by atoms with van der Waals surface area (Å²) < 4.78 is 2.18. The molecule has 0 aliphatic heterocycles. The molecule has 0 spiro atoms. The SMILES string of the molecule is CCc1n[nH]c(=S)n1/N=C\c1ccc(C)cc1C. The molecular formula is C13H16N4S. The van der Waals surface area contributed by atoms with Gasteiger partial charge in [0, 0.05) is 6.42 Å². The van der Waals surface area contributed by atoms with Crippen LogP contribution in [0.2, 0.25) is 0 Å². The van der Waals surface area contributed by atoms with Gasteiger partial charge in [0.1, 0.15) is 0 Å². The average molecular weight is 260 g/mol. The van der Waals surface area contributed by atoms with Gasteiger partial charge in [-0.15, -0.1) is 0 Å². The molecule has 2 aromatic rings. The zero-order valence-corrected chi connectivity index (χ0v) is 11.6. The van der Waals surface area contributed by atoms with E-state index in [1.165, 1.54) is 11.1 Å². The van der Waals surface area contributed by atoms with Crippen molar-refractivity contribution in [1.82, 2.24) is 14.9 Å². The van der Waals surface area contributed by atoms with E-state index >= 15 is 0 Å². The summed E-state index contributed by atoms with van der Waals surface area (Å²) in [7, 11) is 0. The molecule has 0 saturated carbocycles. The summed E-state index contributed by atoms with van der Waals surface area (Å²) in [6.45, 7) is 6.17. The molecule has 1 aromatic carbocycles. The van der Waals surface area contributed by atoms with Crippen molar-refractivity contribution in [2.24, 2.45) is 5.10 Å². The Morgan fingerprint density at radius 2 is 2.22 bits per heavy atom. The molecule has 0 aliphatic carbocycles. The monoisotopic (exact) mass is 260 g/mol. The van der Waals surface area contributed by atoms with Crippen molar-refractivity contribution in [1.29, 1.82) is 0 Å². The maximum atomic E-state index is 5.14. The normalized spacial score (nSPS) is 11.3. The summed E-state index contributed by atoms with van der Waals surface area (Å²) in [5.74, 6) is 0.834. The zero-order valence-electron chi connectivity index (χ0n) is 10.8. The Kier molecular flexibility index (Phi) is 3.72. The van der Waals surface area contributed by atoms with E-state index in [-0.39, 0.29) is 0 Å². The number of aryl methyl sites for hydroxylation is 3. The Morgan fingerprint density at radius 3 is 2.89 bits per heavy atom. The van der Waals surface area contributed by atoms with Gasteiger partial charge in [-0.25, -0.2) is 0 Å². The summed E-state index contributed by atoms with van der Waals surface area (Å²) in [6, 6.07) is 6.27. The second kappa shape index (κ2) is 5.27. The second-order valence-corrected chi connectivity index (χ2v) is 4.60. The maximum Gasteiger partial charge on any atom is 0.216 e. The van der Waals surface area contributed by atoms with Gasteiger partial charge in [-0.2, -0.15) is 14.9 Å². The molecule has 1 aromatic heterocycles. The quantitative estimate of drug-likeness (QED) is 0.681. The van der Waals surface area contributed by atoms with Gasteiger partial charge in [-0.05, 0) is 37.2 Å². The first kappa shape index (κ1) is 12.7. The highest BCUT2D eigenvalue weighted by Gasteiger charge is 2.01. The Balaban J connectivity index is 2.35. The van der Waals surface area contributed by atoms with Gasteiger partial charge in [0.2, 0.25) is 4.77 Å². The van der Waals surface area contributed by atoms with Crippen LogP contribution < -0.4 is 0 Å². The Labute approximate surface area is 111 Å². The van der Waals surface area contributed by atoms with Crippen LogP contribution in [-0.4, -0.2) is 21.1 Å². The number of benzene rings is 1. The minimum atomic E-state index is 0.521. The van der Waals surface area contributed by atoms with E-state index in [1.807, 2.05) is 13.1 Å². The van der Waals surface area contributed by atoms with Crippen LogP contribution in [0, 0.1) is 18.6 Å². The highest BCUT2D eigenvalue weighted by atomic mass is 32.1. The molecule has 0 atom stereocenters. The van der Waals surface area contributed by atoms with Crippen molar-refractivity contribution in [3.8, 4) is 0 Å². The number of H-pyrrole nitrogens is 1. The predicted molar refractivity (Wildman–Crippen MR) is 75.7 cm³/mol. The number of hydrogen-bond donors (Lipinski definition) is 1. The minimum absolute atomic E-state index is 0.521. The second-order valence-electron chi connectivity index (χ2n) is 4.21. The molecule has 0 radical (unpaired) electrons. The number of nitrogens with one attached hydrogen (secondary N) is 1. The first-order valence-electron chi connectivity index (χ1n) is 5.89. The van der Waals surface area contributed by atoms with E-state index in [1.54, 1.807) is 4.68 Å². The van der Waals surface area contributed by atoms with Gasteiger partial charge >= 0.3 is 0 Å². The number of aromatic amines is 1. The van der Waals surface area contributed by atoms with E-state index in [4.69, 9.17) is 12.2 Å². The fraction of sp³-hybridized carbons (Fsp3) is 0.308. The summed E-state index contributed by atoms with van der Waals surface area (Å²) in [5, 5.41) is 11.3. The molecule has 0 aliphatic rings. The molecular weight excluding hydrogens is 244 g/mol. The molecule has 1 N–H and O–H groups in total. The van der Waals surface area contributed by atoms with Crippen LogP contribution in [-0.2, 0) is 6.42 Å². The topological polar surface area (TPSA) is 46.0 Å². The summed E-state index contributed by atoms with van der Waals surface area (Å²) in [5.41, 5.74) is 3.54. The van der Waals surface area contributed by atoms with Crippen molar-refractivity contribution in [3.05, 3.63) is 45.5 Å². The van der Waals surface area contributed by atoms with Crippen molar-refractivity contribution in [2.45, 2.75) is 27.2 Å². The third kappa shape index (κ3) is 2.56. The molecule has 4 nitrogen and oxygen atoms in total. The van der Waals surface area contributed by atoms with Gasteiger partial charge in [0.15, 0.2) is 5.82 Å². The molecule has 2 rings (SSSR count). The number of aromatic nitrogens is 3. The van der Waals surface area contributed by atoms with Crippen LogP contribution in [0.3, 0.4) is 0 Å². The van der Waals surface area contributed by atoms with Gasteiger partial charge < -0.3 is 0 Å². The molecule has 0 unspecified atom stereocenters. The number of rotatable bonds is 3. The van der Waals surface area contributed by atoms with Crippen LogP contribution in [0.15, 0.2) is 23.3 Å². The van der Waals surface area contributed by atoms with Crippen molar-refractivity contribution in [2.75, 3.05) is 0 Å². The van der Waals surface area contributed by atoms with E-state index in [9.17, 15) is 0 Å². The highest BCUT2D eigenvalue weighted by Crippen LogP contribution is 2.08. The van der Waals surface area contributed by atoms with Crippen molar-refractivity contribution in [3.63, 3.8) is 0 Å². The Hall–Kier alpha value is -1.75. The van der Waals surface area contributed by atoms with Crippen LogP contribution in [0.5, 0.6) is 0 Å². The van der Waals surface area contributed by atoms with Crippen molar-refractivity contribution < 1.29 is 0 Å². The van der Waals surface area contributed by atoms with Gasteiger partial charge in [0.05, 0.1) is 6.21 Å². The fourth-order valence-electron chi connectivity index (χ4n) is 1.76. The molecule has 1 heterocycles. The number of hydrogen-bond acceptors (Lipinski definition) is 3. The third-order valence-electron chi connectivity index (χ3n) is 2.77. The Morgan fingerprint density at radius 1 is 1.44 bits per heavy atom. The average Bonchev–Trinajstić information content (AvgIpc) is 2.69. The molecule has 0 amide bonds. The lowest BCUT2D eigenvalue weighted by Crippen LogP contribution is -1.98. The lowest BCUT2D eigenvalue weighted by molar-refractivity contribution is 0.780. The van der Waals surface area contributed by atoms with E-state index in [0.29, 0.717) is 4.77 Å². The molecule has 94 valence electrons. The Bertz CT molecular complexity index is 637. The summed E-state index contributed by atoms with van der Waals surface area (Å²) >= 11 is 5.14. The van der Waals surface area contributed by atoms with Crippen LogP contribution in [0.25, 0.3) is 0 Å². The van der Waals surface area contributed by atoms with E-state index in [0.717, 1.165) is 17.8 Å². The van der Waals surface area contributed by atoms with E-state index < -0.39 is 0 Å². The molecule has 0 fully saturated rings. The van der Waals surface area contributed by atoms with Crippen LogP contribution >= 0.6 is 12.2 Å².